The van der Waals surface area contributed by atoms with Crippen LogP contribution in [0.5, 0.6) is 0 Å². The summed E-state index contributed by atoms with van der Waals surface area (Å²) in [6, 6.07) is 0. The molecule has 0 aromatic heterocycles. The minimum absolute atomic E-state index is 0.161. The van der Waals surface area contributed by atoms with Gasteiger partial charge in [-0.05, 0) is 18.3 Å². The van der Waals surface area contributed by atoms with E-state index in [1.165, 1.54) is 12.8 Å². The molecule has 2 nitrogen and oxygen atoms in total. The molecule has 1 N–H and O–H groups in total. The SMILES string of the molecule is CC1(C)CCCCC1C(=O)NCCCl. The Morgan fingerprint density at radius 2 is 2.21 bits per heavy atom. The summed E-state index contributed by atoms with van der Waals surface area (Å²) in [6.45, 7) is 4.97. The van der Waals surface area contributed by atoms with Gasteiger partial charge in [-0.25, -0.2) is 0 Å². The Labute approximate surface area is 91.4 Å². The van der Waals surface area contributed by atoms with Crippen LogP contribution >= 0.6 is 11.6 Å². The molecular weight excluding hydrogens is 198 g/mol. The number of nitrogens with one attached hydrogen (secondary N) is 1. The number of hydrogen-bond acceptors (Lipinski definition) is 1. The van der Waals surface area contributed by atoms with Gasteiger partial charge in [0.1, 0.15) is 0 Å². The number of carbonyl (C=O) groups is 1. The first-order chi connectivity index (χ1) is 6.58. The highest BCUT2D eigenvalue weighted by Crippen LogP contribution is 2.40. The van der Waals surface area contributed by atoms with Crippen LogP contribution in [0.2, 0.25) is 0 Å². The van der Waals surface area contributed by atoms with Crippen molar-refractivity contribution in [3.8, 4) is 0 Å². The first-order valence-corrected chi connectivity index (χ1v) is 5.95. The summed E-state index contributed by atoms with van der Waals surface area (Å²) in [4.78, 5) is 11.8. The van der Waals surface area contributed by atoms with Crippen molar-refractivity contribution in [1.82, 2.24) is 5.32 Å². The van der Waals surface area contributed by atoms with E-state index in [1.54, 1.807) is 0 Å². The molecule has 1 aliphatic rings. The molecule has 1 aliphatic carbocycles. The third-order valence-electron chi connectivity index (χ3n) is 3.22. The molecule has 1 fully saturated rings. The summed E-state index contributed by atoms with van der Waals surface area (Å²) < 4.78 is 0. The second-order valence-electron chi connectivity index (χ2n) is 4.77. The summed E-state index contributed by atoms with van der Waals surface area (Å²) in [5, 5.41) is 2.89. The van der Waals surface area contributed by atoms with Crippen LogP contribution in [0, 0.1) is 11.3 Å². The quantitative estimate of drug-likeness (QED) is 0.724. The first kappa shape index (κ1) is 11.8. The molecule has 0 aromatic carbocycles. The molecule has 0 spiro atoms. The van der Waals surface area contributed by atoms with E-state index in [-0.39, 0.29) is 17.2 Å². The van der Waals surface area contributed by atoms with Crippen molar-refractivity contribution in [3.63, 3.8) is 0 Å². The molecule has 0 bridgehead atoms. The second kappa shape index (κ2) is 5.01. The summed E-state index contributed by atoms with van der Waals surface area (Å²) in [6.07, 6.45) is 4.63. The van der Waals surface area contributed by atoms with Crippen molar-refractivity contribution < 1.29 is 4.79 Å². The van der Waals surface area contributed by atoms with Gasteiger partial charge in [0.15, 0.2) is 0 Å². The maximum atomic E-state index is 11.8. The number of hydrogen-bond donors (Lipinski definition) is 1. The Morgan fingerprint density at radius 3 is 2.79 bits per heavy atom. The highest BCUT2D eigenvalue weighted by Gasteiger charge is 2.36. The summed E-state index contributed by atoms with van der Waals surface area (Å²) >= 11 is 5.54. The van der Waals surface area contributed by atoms with E-state index in [4.69, 9.17) is 11.6 Å². The van der Waals surface area contributed by atoms with Crippen molar-refractivity contribution in [2.45, 2.75) is 39.5 Å². The molecule has 0 heterocycles. The van der Waals surface area contributed by atoms with Gasteiger partial charge in [-0.2, -0.15) is 0 Å². The van der Waals surface area contributed by atoms with E-state index < -0.39 is 0 Å². The summed E-state index contributed by atoms with van der Waals surface area (Å²) in [7, 11) is 0. The van der Waals surface area contributed by atoms with Crippen molar-refractivity contribution in [3.05, 3.63) is 0 Å². The molecule has 0 aliphatic heterocycles. The first-order valence-electron chi connectivity index (χ1n) is 5.41. The highest BCUT2D eigenvalue weighted by molar-refractivity contribution is 6.18. The molecule has 0 aromatic rings. The number of rotatable bonds is 3. The fourth-order valence-electron chi connectivity index (χ4n) is 2.27. The monoisotopic (exact) mass is 217 g/mol. The van der Waals surface area contributed by atoms with Crippen LogP contribution in [-0.4, -0.2) is 18.3 Å². The van der Waals surface area contributed by atoms with Crippen LogP contribution in [0.4, 0.5) is 0 Å². The van der Waals surface area contributed by atoms with Gasteiger partial charge < -0.3 is 5.32 Å². The maximum absolute atomic E-state index is 11.8. The number of carbonyl (C=O) groups excluding carboxylic acids is 1. The zero-order chi connectivity index (χ0) is 10.6. The average Bonchev–Trinajstić information content (AvgIpc) is 2.13. The molecule has 82 valence electrons. The Hall–Kier alpha value is -0.240. The predicted molar refractivity (Wildman–Crippen MR) is 59.5 cm³/mol. The molecule has 1 atom stereocenters. The Kier molecular flexibility index (Phi) is 4.24. The molecule has 0 radical (unpaired) electrons. The third kappa shape index (κ3) is 2.88. The topological polar surface area (TPSA) is 29.1 Å². The van der Waals surface area contributed by atoms with Crippen LogP contribution in [0.1, 0.15) is 39.5 Å². The number of halogens is 1. The average molecular weight is 218 g/mol. The molecular formula is C11H20ClNO. The smallest absolute Gasteiger partial charge is 0.223 e. The molecule has 1 saturated carbocycles. The van der Waals surface area contributed by atoms with E-state index in [2.05, 4.69) is 19.2 Å². The lowest BCUT2D eigenvalue weighted by molar-refractivity contribution is -0.130. The molecule has 3 heteroatoms. The van der Waals surface area contributed by atoms with Crippen LogP contribution in [0.15, 0.2) is 0 Å². The molecule has 1 unspecified atom stereocenters. The maximum Gasteiger partial charge on any atom is 0.223 e. The highest BCUT2D eigenvalue weighted by atomic mass is 35.5. The predicted octanol–water partition coefficient (Wildman–Crippen LogP) is 2.56. The minimum Gasteiger partial charge on any atom is -0.355 e. The van der Waals surface area contributed by atoms with Gasteiger partial charge in [-0.3, -0.25) is 4.79 Å². The van der Waals surface area contributed by atoms with Crippen molar-refractivity contribution in [2.75, 3.05) is 12.4 Å². The minimum atomic E-state index is 0.161. The van der Waals surface area contributed by atoms with Gasteiger partial charge in [0.2, 0.25) is 5.91 Å². The molecule has 0 saturated heterocycles. The van der Waals surface area contributed by atoms with Crippen LogP contribution in [0.25, 0.3) is 0 Å². The molecule has 1 rings (SSSR count). The van der Waals surface area contributed by atoms with Crippen LogP contribution in [-0.2, 0) is 4.79 Å². The summed E-state index contributed by atoms with van der Waals surface area (Å²) in [5.41, 5.74) is 0.161. The second-order valence-corrected chi connectivity index (χ2v) is 5.14. The van der Waals surface area contributed by atoms with E-state index in [1.807, 2.05) is 0 Å². The van der Waals surface area contributed by atoms with Crippen LogP contribution in [0.3, 0.4) is 0 Å². The van der Waals surface area contributed by atoms with Gasteiger partial charge in [0.25, 0.3) is 0 Å². The standard InChI is InChI=1S/C11H20ClNO/c1-11(2)6-4-3-5-9(11)10(14)13-8-7-12/h9H,3-8H2,1-2H3,(H,13,14). The van der Waals surface area contributed by atoms with E-state index >= 15 is 0 Å². The van der Waals surface area contributed by atoms with Gasteiger partial charge in [-0.1, -0.05) is 26.7 Å². The fourth-order valence-corrected chi connectivity index (χ4v) is 2.37. The zero-order valence-electron chi connectivity index (χ0n) is 9.11. The van der Waals surface area contributed by atoms with E-state index in [9.17, 15) is 4.79 Å². The Balaban J connectivity index is 2.51. The largest absolute Gasteiger partial charge is 0.355 e. The van der Waals surface area contributed by atoms with Crippen LogP contribution < -0.4 is 5.32 Å². The van der Waals surface area contributed by atoms with Gasteiger partial charge in [0.05, 0.1) is 0 Å². The van der Waals surface area contributed by atoms with Gasteiger partial charge in [0, 0.05) is 18.3 Å². The molecule has 1 amide bonds. The van der Waals surface area contributed by atoms with Crippen molar-refractivity contribution >= 4 is 17.5 Å². The lowest BCUT2D eigenvalue weighted by Gasteiger charge is -2.37. The lowest BCUT2D eigenvalue weighted by Crippen LogP contribution is -2.41. The number of amides is 1. The zero-order valence-corrected chi connectivity index (χ0v) is 9.86. The van der Waals surface area contributed by atoms with E-state index in [0.717, 1.165) is 12.8 Å². The van der Waals surface area contributed by atoms with Gasteiger partial charge >= 0.3 is 0 Å². The number of alkyl halides is 1. The van der Waals surface area contributed by atoms with E-state index in [0.29, 0.717) is 12.4 Å². The third-order valence-corrected chi connectivity index (χ3v) is 3.41. The normalized spacial score (nSPS) is 25.8. The van der Waals surface area contributed by atoms with Crippen molar-refractivity contribution in [2.24, 2.45) is 11.3 Å². The molecule has 14 heavy (non-hydrogen) atoms. The fraction of sp³-hybridized carbons (Fsp3) is 0.909. The van der Waals surface area contributed by atoms with Gasteiger partial charge in [-0.15, -0.1) is 11.6 Å². The Bertz CT molecular complexity index is 203. The van der Waals surface area contributed by atoms with Crippen molar-refractivity contribution in [1.29, 1.82) is 0 Å². The lowest BCUT2D eigenvalue weighted by atomic mass is 9.68. The summed E-state index contributed by atoms with van der Waals surface area (Å²) in [5.74, 6) is 0.869. The Morgan fingerprint density at radius 1 is 1.50 bits per heavy atom.